The van der Waals surface area contributed by atoms with Crippen molar-refractivity contribution in [3.8, 4) is 5.75 Å². The predicted molar refractivity (Wildman–Crippen MR) is 82.9 cm³/mol. The van der Waals surface area contributed by atoms with E-state index >= 15 is 0 Å². The summed E-state index contributed by atoms with van der Waals surface area (Å²) in [4.78, 5) is 0. The van der Waals surface area contributed by atoms with E-state index in [9.17, 15) is 0 Å². The highest BCUT2D eigenvalue weighted by molar-refractivity contribution is 7.98. The number of nitrogens with zero attached hydrogens (tertiary/aromatic N) is 4. The second-order valence-corrected chi connectivity index (χ2v) is 5.66. The minimum absolute atomic E-state index is 0.492. The number of ether oxygens (including phenoxy) is 1. The number of hydrogen-bond acceptors (Lipinski definition) is 6. The Labute approximate surface area is 132 Å². The number of benzene rings is 1. The molecule has 22 heavy (non-hydrogen) atoms. The van der Waals surface area contributed by atoms with E-state index in [0.29, 0.717) is 17.7 Å². The first-order valence-corrected chi connectivity index (χ1v) is 7.79. The topological polar surface area (TPSA) is 66.0 Å². The number of methoxy groups -OCH3 is 1. The summed E-state index contributed by atoms with van der Waals surface area (Å²) in [5, 5.41) is 12.9. The van der Waals surface area contributed by atoms with E-state index in [2.05, 4.69) is 15.3 Å². The van der Waals surface area contributed by atoms with Gasteiger partial charge in [-0.25, -0.2) is 0 Å². The molecule has 2 heterocycles. The smallest absolute Gasteiger partial charge is 0.276 e. The highest BCUT2D eigenvalue weighted by atomic mass is 32.2. The van der Waals surface area contributed by atoms with Gasteiger partial charge >= 0.3 is 0 Å². The van der Waals surface area contributed by atoms with Crippen LogP contribution in [0, 0.1) is 6.92 Å². The van der Waals surface area contributed by atoms with Crippen LogP contribution in [0.4, 0.5) is 0 Å². The zero-order chi connectivity index (χ0) is 15.4. The van der Waals surface area contributed by atoms with Crippen LogP contribution in [0.5, 0.6) is 5.75 Å². The first-order valence-electron chi connectivity index (χ1n) is 6.81. The van der Waals surface area contributed by atoms with E-state index in [1.54, 1.807) is 13.3 Å². The van der Waals surface area contributed by atoms with Crippen molar-refractivity contribution < 1.29 is 9.15 Å². The molecule has 0 aliphatic carbocycles. The molecule has 0 amide bonds. The molecule has 0 fully saturated rings. The molecule has 3 rings (SSSR count). The minimum atomic E-state index is 0.492. The van der Waals surface area contributed by atoms with Gasteiger partial charge < -0.3 is 9.15 Å². The lowest BCUT2D eigenvalue weighted by atomic mass is 10.2. The van der Waals surface area contributed by atoms with Gasteiger partial charge in [0.15, 0.2) is 0 Å². The zero-order valence-electron chi connectivity index (χ0n) is 12.4. The average Bonchev–Trinajstić information content (AvgIpc) is 3.15. The number of aryl methyl sites for hydroxylation is 1. The third-order valence-electron chi connectivity index (χ3n) is 3.16. The first kappa shape index (κ1) is 14.6. The van der Waals surface area contributed by atoms with Gasteiger partial charge in [-0.15, -0.1) is 10.2 Å². The fourth-order valence-electron chi connectivity index (χ4n) is 1.96. The van der Waals surface area contributed by atoms with Gasteiger partial charge in [0.2, 0.25) is 5.89 Å². The van der Waals surface area contributed by atoms with Crippen molar-refractivity contribution in [3.05, 3.63) is 53.7 Å². The molecule has 0 unspecified atom stereocenters. The van der Waals surface area contributed by atoms with Crippen LogP contribution in [0.3, 0.4) is 0 Å². The van der Waals surface area contributed by atoms with Crippen molar-refractivity contribution in [3.63, 3.8) is 0 Å². The standard InChI is InChI=1S/C15H16N4O2S/c1-11-6-7-16-19(11)9-14-17-18-15(21-14)22-10-12-4-3-5-13(8-12)20-2/h3-8H,9-10H2,1-2H3. The summed E-state index contributed by atoms with van der Waals surface area (Å²) in [6.07, 6.45) is 1.75. The molecule has 2 aromatic heterocycles. The summed E-state index contributed by atoms with van der Waals surface area (Å²) in [5.74, 6) is 2.15. The van der Waals surface area contributed by atoms with Crippen LogP contribution in [-0.4, -0.2) is 27.1 Å². The number of rotatable bonds is 6. The molecule has 0 radical (unpaired) electrons. The van der Waals surface area contributed by atoms with Gasteiger partial charge in [-0.3, -0.25) is 4.68 Å². The molecular weight excluding hydrogens is 300 g/mol. The van der Waals surface area contributed by atoms with Gasteiger partial charge in [0.1, 0.15) is 12.3 Å². The van der Waals surface area contributed by atoms with Crippen LogP contribution in [-0.2, 0) is 12.3 Å². The predicted octanol–water partition coefficient (Wildman–Crippen LogP) is 2.92. The lowest BCUT2D eigenvalue weighted by Crippen LogP contribution is -2.03. The summed E-state index contributed by atoms with van der Waals surface area (Å²) in [7, 11) is 1.66. The van der Waals surface area contributed by atoms with Gasteiger partial charge in [-0.2, -0.15) is 5.10 Å². The van der Waals surface area contributed by atoms with Crippen molar-refractivity contribution in [2.45, 2.75) is 24.4 Å². The summed E-state index contributed by atoms with van der Waals surface area (Å²) >= 11 is 1.50. The molecule has 6 nitrogen and oxygen atoms in total. The fourth-order valence-corrected chi connectivity index (χ4v) is 2.68. The summed E-state index contributed by atoms with van der Waals surface area (Å²) in [5.41, 5.74) is 2.20. The van der Waals surface area contributed by atoms with Crippen LogP contribution >= 0.6 is 11.8 Å². The van der Waals surface area contributed by atoms with E-state index in [0.717, 1.165) is 22.8 Å². The van der Waals surface area contributed by atoms with Crippen molar-refractivity contribution in [1.82, 2.24) is 20.0 Å². The van der Waals surface area contributed by atoms with Gasteiger partial charge in [0.25, 0.3) is 5.22 Å². The first-order chi connectivity index (χ1) is 10.7. The molecule has 0 N–H and O–H groups in total. The lowest BCUT2D eigenvalue weighted by molar-refractivity contribution is 0.396. The van der Waals surface area contributed by atoms with Crippen LogP contribution in [0.2, 0.25) is 0 Å². The van der Waals surface area contributed by atoms with Gasteiger partial charge in [-0.1, -0.05) is 23.9 Å². The molecule has 7 heteroatoms. The fraction of sp³-hybridized carbons (Fsp3) is 0.267. The Balaban J connectivity index is 1.61. The second-order valence-electron chi connectivity index (χ2n) is 4.73. The maximum absolute atomic E-state index is 5.64. The molecule has 3 aromatic rings. The number of aromatic nitrogens is 4. The Morgan fingerprint density at radius 3 is 2.95 bits per heavy atom. The summed E-state index contributed by atoms with van der Waals surface area (Å²) in [6, 6.07) is 9.87. The van der Waals surface area contributed by atoms with Crippen molar-refractivity contribution >= 4 is 11.8 Å². The number of hydrogen-bond donors (Lipinski definition) is 0. The normalized spacial score (nSPS) is 10.8. The average molecular weight is 316 g/mol. The molecule has 0 saturated carbocycles. The van der Waals surface area contributed by atoms with Crippen LogP contribution in [0.15, 0.2) is 46.2 Å². The molecular formula is C15H16N4O2S. The lowest BCUT2D eigenvalue weighted by Gasteiger charge is -2.02. The van der Waals surface area contributed by atoms with Crippen LogP contribution < -0.4 is 4.74 Å². The molecule has 0 aliphatic rings. The Morgan fingerprint density at radius 1 is 1.27 bits per heavy atom. The van der Waals surface area contributed by atoms with Crippen molar-refractivity contribution in [2.24, 2.45) is 0 Å². The largest absolute Gasteiger partial charge is 0.497 e. The third-order valence-corrected chi connectivity index (χ3v) is 4.05. The molecule has 0 saturated heterocycles. The van der Waals surface area contributed by atoms with Gasteiger partial charge in [0.05, 0.1) is 7.11 Å². The van der Waals surface area contributed by atoms with E-state index in [1.807, 2.05) is 41.9 Å². The second kappa shape index (κ2) is 6.65. The maximum Gasteiger partial charge on any atom is 0.276 e. The van der Waals surface area contributed by atoms with Crippen molar-refractivity contribution in [2.75, 3.05) is 7.11 Å². The Morgan fingerprint density at radius 2 is 2.18 bits per heavy atom. The monoisotopic (exact) mass is 316 g/mol. The molecule has 0 spiro atoms. The Kier molecular flexibility index (Phi) is 4.43. The Bertz CT molecular complexity index is 753. The maximum atomic E-state index is 5.64. The summed E-state index contributed by atoms with van der Waals surface area (Å²) in [6.45, 7) is 2.48. The minimum Gasteiger partial charge on any atom is -0.497 e. The highest BCUT2D eigenvalue weighted by Gasteiger charge is 2.09. The van der Waals surface area contributed by atoms with E-state index in [1.165, 1.54) is 11.8 Å². The molecule has 1 aromatic carbocycles. The molecule has 0 bridgehead atoms. The SMILES string of the molecule is COc1cccc(CSc2nnc(Cn3nccc3C)o2)c1. The molecule has 0 aliphatic heterocycles. The third kappa shape index (κ3) is 3.48. The van der Waals surface area contributed by atoms with Crippen molar-refractivity contribution in [1.29, 1.82) is 0 Å². The van der Waals surface area contributed by atoms with Gasteiger partial charge in [0, 0.05) is 17.6 Å². The van der Waals surface area contributed by atoms with Crippen LogP contribution in [0.25, 0.3) is 0 Å². The van der Waals surface area contributed by atoms with Gasteiger partial charge in [-0.05, 0) is 30.7 Å². The van der Waals surface area contributed by atoms with E-state index in [4.69, 9.17) is 9.15 Å². The quantitative estimate of drug-likeness (QED) is 0.651. The highest BCUT2D eigenvalue weighted by Crippen LogP contribution is 2.23. The molecule has 114 valence electrons. The van der Waals surface area contributed by atoms with E-state index < -0.39 is 0 Å². The number of thioether (sulfide) groups is 1. The van der Waals surface area contributed by atoms with E-state index in [-0.39, 0.29) is 0 Å². The Hall–Kier alpha value is -2.28. The molecule has 0 atom stereocenters. The zero-order valence-corrected chi connectivity index (χ0v) is 13.2. The van der Waals surface area contributed by atoms with Crippen LogP contribution in [0.1, 0.15) is 17.1 Å². The summed E-state index contributed by atoms with van der Waals surface area (Å²) < 4.78 is 12.7.